The number of hydrogen-bond acceptors (Lipinski definition) is 3. The molecule has 0 aliphatic carbocycles. The summed E-state index contributed by atoms with van der Waals surface area (Å²) in [6.07, 6.45) is 6.07. The van der Waals surface area contributed by atoms with Crippen molar-refractivity contribution in [3.05, 3.63) is 0 Å². The van der Waals surface area contributed by atoms with Crippen molar-refractivity contribution in [3.63, 3.8) is 0 Å². The maximum absolute atomic E-state index is 11.7. The molecule has 1 amide bonds. The summed E-state index contributed by atoms with van der Waals surface area (Å²) in [5, 5.41) is 8.75. The van der Waals surface area contributed by atoms with Crippen LogP contribution in [0, 0.1) is 0 Å². The zero-order valence-corrected chi connectivity index (χ0v) is 10.6. The molecule has 0 saturated carbocycles. The molecule has 0 radical (unpaired) electrons. The number of piperidine rings is 1. The average molecular weight is 240 g/mol. The summed E-state index contributed by atoms with van der Waals surface area (Å²) < 4.78 is 0. The van der Waals surface area contributed by atoms with E-state index in [4.69, 9.17) is 5.11 Å². The first-order chi connectivity index (χ1) is 8.31. The monoisotopic (exact) mass is 240 g/mol. The van der Waals surface area contributed by atoms with E-state index >= 15 is 0 Å². The SMILES string of the molecule is O=C1CCCN1C1CCN(CCCCO)CC1. The number of carbonyl (C=O) groups excluding carboxylic acids is 1. The lowest BCUT2D eigenvalue weighted by Crippen LogP contribution is -2.45. The molecule has 2 saturated heterocycles. The Morgan fingerprint density at radius 1 is 1.18 bits per heavy atom. The lowest BCUT2D eigenvalue weighted by Gasteiger charge is -2.36. The van der Waals surface area contributed by atoms with Gasteiger partial charge >= 0.3 is 0 Å². The highest BCUT2D eigenvalue weighted by molar-refractivity contribution is 5.78. The van der Waals surface area contributed by atoms with Crippen LogP contribution < -0.4 is 0 Å². The van der Waals surface area contributed by atoms with Crippen LogP contribution in [0.4, 0.5) is 0 Å². The van der Waals surface area contributed by atoms with Gasteiger partial charge in [0.15, 0.2) is 0 Å². The Morgan fingerprint density at radius 3 is 2.53 bits per heavy atom. The normalized spacial score (nSPS) is 23.6. The minimum atomic E-state index is 0.304. The number of unbranched alkanes of at least 4 members (excludes halogenated alkanes) is 1. The number of aliphatic hydroxyl groups is 1. The fraction of sp³-hybridized carbons (Fsp3) is 0.923. The molecule has 2 rings (SSSR count). The molecule has 0 bridgehead atoms. The second-order valence-corrected chi connectivity index (χ2v) is 5.19. The molecule has 0 aromatic heterocycles. The van der Waals surface area contributed by atoms with Crippen LogP contribution in [-0.2, 0) is 4.79 Å². The van der Waals surface area contributed by atoms with Gasteiger partial charge in [-0.25, -0.2) is 0 Å². The molecule has 2 fully saturated rings. The first-order valence-corrected chi connectivity index (χ1v) is 6.94. The Balaban J connectivity index is 1.68. The van der Waals surface area contributed by atoms with Crippen LogP contribution in [0.3, 0.4) is 0 Å². The molecule has 4 nitrogen and oxygen atoms in total. The summed E-state index contributed by atoms with van der Waals surface area (Å²) in [6, 6.07) is 0.499. The van der Waals surface area contributed by atoms with Gasteiger partial charge in [-0.05, 0) is 38.6 Å². The molecule has 2 heterocycles. The van der Waals surface area contributed by atoms with Gasteiger partial charge in [-0.1, -0.05) is 0 Å². The number of rotatable bonds is 5. The van der Waals surface area contributed by atoms with Crippen molar-refractivity contribution in [2.75, 3.05) is 32.8 Å². The Labute approximate surface area is 104 Å². The van der Waals surface area contributed by atoms with Crippen LogP contribution in [0.2, 0.25) is 0 Å². The number of carbonyl (C=O) groups is 1. The highest BCUT2D eigenvalue weighted by Crippen LogP contribution is 2.22. The summed E-state index contributed by atoms with van der Waals surface area (Å²) in [5.41, 5.74) is 0. The van der Waals surface area contributed by atoms with Crippen molar-refractivity contribution in [2.45, 2.75) is 44.6 Å². The zero-order chi connectivity index (χ0) is 12.1. The Kier molecular flexibility index (Phi) is 4.80. The van der Waals surface area contributed by atoms with Gasteiger partial charge in [-0.3, -0.25) is 4.79 Å². The van der Waals surface area contributed by atoms with E-state index in [9.17, 15) is 4.79 Å². The maximum Gasteiger partial charge on any atom is 0.222 e. The molecule has 0 spiro atoms. The Morgan fingerprint density at radius 2 is 1.94 bits per heavy atom. The second-order valence-electron chi connectivity index (χ2n) is 5.19. The van der Waals surface area contributed by atoms with Crippen molar-refractivity contribution in [1.29, 1.82) is 0 Å². The van der Waals surface area contributed by atoms with E-state index < -0.39 is 0 Å². The van der Waals surface area contributed by atoms with Crippen LogP contribution in [0.5, 0.6) is 0 Å². The standard InChI is InChI=1S/C13H24N2O2/c16-11-2-1-7-14-9-5-12(6-10-14)15-8-3-4-13(15)17/h12,16H,1-11H2. The summed E-state index contributed by atoms with van der Waals surface area (Å²) in [7, 11) is 0. The van der Waals surface area contributed by atoms with Crippen LogP contribution in [0.15, 0.2) is 0 Å². The summed E-state index contributed by atoms with van der Waals surface area (Å²) in [6.45, 7) is 4.60. The van der Waals surface area contributed by atoms with E-state index in [1.165, 1.54) is 0 Å². The third kappa shape index (κ3) is 3.42. The smallest absolute Gasteiger partial charge is 0.222 e. The average Bonchev–Trinajstić information content (AvgIpc) is 2.77. The second kappa shape index (κ2) is 6.36. The fourth-order valence-corrected chi connectivity index (χ4v) is 2.96. The van der Waals surface area contributed by atoms with Gasteiger partial charge in [-0.2, -0.15) is 0 Å². The number of hydrogen-bond donors (Lipinski definition) is 1. The molecule has 2 aliphatic heterocycles. The van der Waals surface area contributed by atoms with Gasteiger partial charge < -0.3 is 14.9 Å². The topological polar surface area (TPSA) is 43.8 Å². The maximum atomic E-state index is 11.7. The predicted molar refractivity (Wildman–Crippen MR) is 66.7 cm³/mol. The number of amides is 1. The van der Waals surface area contributed by atoms with Crippen molar-refractivity contribution in [2.24, 2.45) is 0 Å². The van der Waals surface area contributed by atoms with Gasteiger partial charge in [0.1, 0.15) is 0 Å². The van der Waals surface area contributed by atoms with E-state index in [1.807, 2.05) is 0 Å². The first-order valence-electron chi connectivity index (χ1n) is 6.94. The highest BCUT2D eigenvalue weighted by atomic mass is 16.2. The van der Waals surface area contributed by atoms with Gasteiger partial charge in [0, 0.05) is 38.7 Å². The third-order valence-electron chi connectivity index (χ3n) is 3.99. The number of likely N-dealkylation sites (tertiary alicyclic amines) is 2. The molecule has 1 N–H and O–H groups in total. The van der Waals surface area contributed by atoms with Crippen molar-refractivity contribution in [1.82, 2.24) is 9.80 Å². The predicted octanol–water partition coefficient (Wildman–Crippen LogP) is 0.846. The minimum Gasteiger partial charge on any atom is -0.396 e. The Bertz CT molecular complexity index is 250. The summed E-state index contributed by atoms with van der Waals surface area (Å²) in [5.74, 6) is 0.365. The molecule has 17 heavy (non-hydrogen) atoms. The molecule has 4 heteroatoms. The lowest BCUT2D eigenvalue weighted by atomic mass is 10.0. The Hall–Kier alpha value is -0.610. The van der Waals surface area contributed by atoms with E-state index in [2.05, 4.69) is 9.80 Å². The molecule has 98 valence electrons. The summed E-state index contributed by atoms with van der Waals surface area (Å²) in [4.78, 5) is 16.2. The van der Waals surface area contributed by atoms with Crippen LogP contribution in [-0.4, -0.2) is 59.6 Å². The zero-order valence-electron chi connectivity index (χ0n) is 10.6. The largest absolute Gasteiger partial charge is 0.396 e. The van der Waals surface area contributed by atoms with Gasteiger partial charge in [0.05, 0.1) is 0 Å². The molecular formula is C13H24N2O2. The van der Waals surface area contributed by atoms with E-state index in [-0.39, 0.29) is 0 Å². The number of nitrogens with zero attached hydrogens (tertiary/aromatic N) is 2. The fourth-order valence-electron chi connectivity index (χ4n) is 2.96. The molecule has 0 aromatic carbocycles. The van der Waals surface area contributed by atoms with E-state index in [0.717, 1.165) is 64.7 Å². The minimum absolute atomic E-state index is 0.304. The van der Waals surface area contributed by atoms with Gasteiger partial charge in [0.2, 0.25) is 5.91 Å². The molecule has 0 unspecified atom stereocenters. The van der Waals surface area contributed by atoms with Crippen LogP contribution >= 0.6 is 0 Å². The quantitative estimate of drug-likeness (QED) is 0.724. The van der Waals surface area contributed by atoms with Gasteiger partial charge in [0.25, 0.3) is 0 Å². The van der Waals surface area contributed by atoms with Crippen LogP contribution in [0.1, 0.15) is 38.5 Å². The highest BCUT2D eigenvalue weighted by Gasteiger charge is 2.30. The number of aliphatic hydroxyl groups excluding tert-OH is 1. The van der Waals surface area contributed by atoms with Crippen molar-refractivity contribution >= 4 is 5.91 Å². The summed E-state index contributed by atoms with van der Waals surface area (Å²) >= 11 is 0. The molecule has 2 aliphatic rings. The van der Waals surface area contributed by atoms with Crippen LogP contribution in [0.25, 0.3) is 0 Å². The van der Waals surface area contributed by atoms with Crippen molar-refractivity contribution in [3.8, 4) is 0 Å². The van der Waals surface area contributed by atoms with Gasteiger partial charge in [-0.15, -0.1) is 0 Å². The molecular weight excluding hydrogens is 216 g/mol. The lowest BCUT2D eigenvalue weighted by molar-refractivity contribution is -0.130. The molecule has 0 atom stereocenters. The van der Waals surface area contributed by atoms with E-state index in [0.29, 0.717) is 18.6 Å². The first kappa shape index (κ1) is 12.8. The molecule has 0 aromatic rings. The third-order valence-corrected chi connectivity index (χ3v) is 3.99. The van der Waals surface area contributed by atoms with Crippen molar-refractivity contribution < 1.29 is 9.90 Å². The van der Waals surface area contributed by atoms with E-state index in [1.54, 1.807) is 0 Å².